The summed E-state index contributed by atoms with van der Waals surface area (Å²) in [6.07, 6.45) is 0. The average Bonchev–Trinajstić information content (AvgIpc) is 3.22. The smallest absolute Gasteiger partial charge is 0.305 e. The first kappa shape index (κ1) is 21.2. The number of halogens is 2. The molecule has 3 aromatic rings. The van der Waals surface area contributed by atoms with Crippen LogP contribution in [0.25, 0.3) is 0 Å². The number of nitrogens with one attached hydrogen (secondary N) is 1. The van der Waals surface area contributed by atoms with Gasteiger partial charge >= 0.3 is 6.03 Å². The molecule has 1 spiro atoms. The van der Waals surface area contributed by atoms with Crippen LogP contribution in [0.4, 0.5) is 10.5 Å². The monoisotopic (exact) mass is 479 g/mol. The zero-order chi connectivity index (χ0) is 23.3. The minimum Gasteiger partial charge on any atom is -0.305 e. The van der Waals surface area contributed by atoms with Crippen LogP contribution in [0.5, 0.6) is 0 Å². The second-order valence-electron chi connectivity index (χ2n) is 7.63. The van der Waals surface area contributed by atoms with Crippen molar-refractivity contribution in [2.24, 2.45) is 0 Å². The standard InChI is InChI=1S/C24H15Cl2N3O4/c25-17-11-10-14(12-18(17)26)13-28-19-9-5-4-8-16(19)24(22(28)32)21(31)27-23(33)29(24)20(30)15-6-2-1-3-7-15/h1-12H,13H2,(H,27,31,33)/t24-/m1/s1. The number of nitrogens with zero attached hydrogens (tertiary/aromatic N) is 2. The Morgan fingerprint density at radius 3 is 2.30 bits per heavy atom. The number of urea groups is 1. The zero-order valence-corrected chi connectivity index (χ0v) is 18.4. The number of hydrogen-bond acceptors (Lipinski definition) is 4. The van der Waals surface area contributed by atoms with Gasteiger partial charge in [-0.3, -0.25) is 19.7 Å². The van der Waals surface area contributed by atoms with E-state index in [-0.39, 0.29) is 17.7 Å². The second kappa shape index (κ2) is 7.72. The van der Waals surface area contributed by atoms with Crippen molar-refractivity contribution < 1.29 is 19.2 Å². The highest BCUT2D eigenvalue weighted by atomic mass is 35.5. The predicted octanol–water partition coefficient (Wildman–Crippen LogP) is 4.13. The maximum absolute atomic E-state index is 13.9. The summed E-state index contributed by atoms with van der Waals surface area (Å²) in [5.74, 6) is -2.33. The Kier molecular flexibility index (Phi) is 4.96. The van der Waals surface area contributed by atoms with E-state index < -0.39 is 29.3 Å². The number of rotatable bonds is 3. The van der Waals surface area contributed by atoms with E-state index in [1.54, 1.807) is 60.7 Å². The lowest BCUT2D eigenvalue weighted by atomic mass is 9.89. The minimum absolute atomic E-state index is 0.0589. The molecule has 164 valence electrons. The van der Waals surface area contributed by atoms with Gasteiger partial charge in [-0.05, 0) is 35.9 Å². The largest absolute Gasteiger partial charge is 0.332 e. The van der Waals surface area contributed by atoms with Crippen molar-refractivity contribution in [2.45, 2.75) is 12.1 Å². The first-order valence-electron chi connectivity index (χ1n) is 9.96. The van der Waals surface area contributed by atoms with Crippen molar-refractivity contribution in [3.8, 4) is 0 Å². The van der Waals surface area contributed by atoms with E-state index in [1.807, 2.05) is 0 Å². The van der Waals surface area contributed by atoms with Gasteiger partial charge in [-0.2, -0.15) is 0 Å². The number of carbonyl (C=O) groups excluding carboxylic acids is 4. The van der Waals surface area contributed by atoms with Crippen LogP contribution in [0.15, 0.2) is 72.8 Å². The molecule has 5 rings (SSSR count). The maximum Gasteiger partial charge on any atom is 0.332 e. The molecule has 1 saturated heterocycles. The summed E-state index contributed by atoms with van der Waals surface area (Å²) in [6.45, 7) is 0.0589. The number of amides is 5. The van der Waals surface area contributed by atoms with Gasteiger partial charge in [-0.25, -0.2) is 9.69 Å². The highest BCUT2D eigenvalue weighted by Gasteiger charge is 2.67. The van der Waals surface area contributed by atoms with Gasteiger partial charge in [0.25, 0.3) is 17.7 Å². The second-order valence-corrected chi connectivity index (χ2v) is 8.45. The summed E-state index contributed by atoms with van der Waals surface area (Å²) in [5, 5.41) is 2.85. The topological polar surface area (TPSA) is 86.8 Å². The van der Waals surface area contributed by atoms with E-state index in [1.165, 1.54) is 17.0 Å². The molecule has 5 amide bonds. The van der Waals surface area contributed by atoms with Crippen molar-refractivity contribution in [1.82, 2.24) is 10.2 Å². The van der Waals surface area contributed by atoms with Crippen LogP contribution >= 0.6 is 23.2 Å². The third-order valence-electron chi connectivity index (χ3n) is 5.78. The molecule has 2 aliphatic heterocycles. The zero-order valence-electron chi connectivity index (χ0n) is 16.9. The number of carbonyl (C=O) groups is 4. The van der Waals surface area contributed by atoms with Gasteiger partial charge in [-0.1, -0.05) is 65.7 Å². The van der Waals surface area contributed by atoms with Crippen LogP contribution in [0, 0.1) is 0 Å². The number of fused-ring (bicyclic) bond motifs is 2. The van der Waals surface area contributed by atoms with E-state index in [0.29, 0.717) is 21.3 Å². The molecular formula is C24H15Cl2N3O4. The van der Waals surface area contributed by atoms with Crippen molar-refractivity contribution in [1.29, 1.82) is 0 Å². The highest BCUT2D eigenvalue weighted by molar-refractivity contribution is 6.42. The van der Waals surface area contributed by atoms with Crippen molar-refractivity contribution >= 4 is 52.6 Å². The first-order valence-corrected chi connectivity index (χ1v) is 10.7. The quantitative estimate of drug-likeness (QED) is 0.451. The van der Waals surface area contributed by atoms with Gasteiger partial charge in [0.1, 0.15) is 0 Å². The van der Waals surface area contributed by atoms with Crippen molar-refractivity contribution in [3.63, 3.8) is 0 Å². The van der Waals surface area contributed by atoms with Crippen LogP contribution in [-0.2, 0) is 21.7 Å². The molecule has 0 saturated carbocycles. The van der Waals surface area contributed by atoms with Gasteiger partial charge in [-0.15, -0.1) is 0 Å². The molecule has 1 N–H and O–H groups in total. The Hall–Kier alpha value is -3.68. The first-order chi connectivity index (χ1) is 15.9. The summed E-state index contributed by atoms with van der Waals surface area (Å²) in [4.78, 5) is 55.4. The lowest BCUT2D eigenvalue weighted by Crippen LogP contribution is -2.56. The summed E-state index contributed by atoms with van der Waals surface area (Å²) in [5.41, 5.74) is -0.631. The van der Waals surface area contributed by atoms with Gasteiger partial charge < -0.3 is 4.90 Å². The Balaban J connectivity index is 1.65. The number of anilines is 1. The number of para-hydroxylation sites is 1. The molecule has 0 aliphatic carbocycles. The van der Waals surface area contributed by atoms with E-state index >= 15 is 0 Å². The molecule has 0 bridgehead atoms. The predicted molar refractivity (Wildman–Crippen MR) is 122 cm³/mol. The van der Waals surface area contributed by atoms with E-state index in [2.05, 4.69) is 5.32 Å². The van der Waals surface area contributed by atoms with Gasteiger partial charge in [0.2, 0.25) is 5.54 Å². The molecule has 3 aromatic carbocycles. The van der Waals surface area contributed by atoms with Crippen LogP contribution in [0.2, 0.25) is 10.0 Å². The third-order valence-corrected chi connectivity index (χ3v) is 6.51. The molecule has 33 heavy (non-hydrogen) atoms. The van der Waals surface area contributed by atoms with Crippen molar-refractivity contribution in [3.05, 3.63) is 99.5 Å². The van der Waals surface area contributed by atoms with Crippen LogP contribution < -0.4 is 10.2 Å². The van der Waals surface area contributed by atoms with Crippen molar-refractivity contribution in [2.75, 3.05) is 4.90 Å². The fourth-order valence-electron chi connectivity index (χ4n) is 4.30. The summed E-state index contributed by atoms with van der Waals surface area (Å²) in [7, 11) is 0. The van der Waals surface area contributed by atoms with Crippen LogP contribution in [0.1, 0.15) is 21.5 Å². The molecule has 0 radical (unpaired) electrons. The summed E-state index contributed by atoms with van der Waals surface area (Å²) >= 11 is 12.1. The molecule has 1 fully saturated rings. The van der Waals surface area contributed by atoms with E-state index in [4.69, 9.17) is 23.2 Å². The minimum atomic E-state index is -2.14. The fourth-order valence-corrected chi connectivity index (χ4v) is 4.62. The van der Waals surface area contributed by atoms with Gasteiger partial charge in [0, 0.05) is 11.1 Å². The van der Waals surface area contributed by atoms with Gasteiger partial charge in [0.15, 0.2) is 0 Å². The van der Waals surface area contributed by atoms with Crippen LogP contribution in [-0.4, -0.2) is 28.7 Å². The lowest BCUT2D eigenvalue weighted by molar-refractivity contribution is -0.137. The summed E-state index contributed by atoms with van der Waals surface area (Å²) < 4.78 is 0. The maximum atomic E-state index is 13.9. The molecule has 0 aromatic heterocycles. The Labute approximate surface area is 198 Å². The van der Waals surface area contributed by atoms with Crippen LogP contribution in [0.3, 0.4) is 0 Å². The SMILES string of the molecule is O=C1NC(=O)[C@]2(C(=O)N(Cc3ccc(Cl)c(Cl)c3)c3ccccc32)N1C(=O)c1ccccc1. The van der Waals surface area contributed by atoms with E-state index in [9.17, 15) is 19.2 Å². The Morgan fingerprint density at radius 2 is 1.58 bits per heavy atom. The molecule has 0 unspecified atom stereocenters. The van der Waals surface area contributed by atoms with E-state index in [0.717, 1.165) is 4.90 Å². The Morgan fingerprint density at radius 1 is 0.879 bits per heavy atom. The molecule has 2 aliphatic rings. The average molecular weight is 480 g/mol. The number of hydrogen-bond donors (Lipinski definition) is 1. The fraction of sp³-hybridized carbons (Fsp3) is 0.0833. The number of benzene rings is 3. The molecular weight excluding hydrogens is 465 g/mol. The third kappa shape index (κ3) is 3.04. The normalized spacial score (nSPS) is 19.3. The van der Waals surface area contributed by atoms with Gasteiger partial charge in [0.05, 0.1) is 22.3 Å². The molecule has 1 atom stereocenters. The highest BCUT2D eigenvalue weighted by Crippen LogP contribution is 2.47. The molecule has 7 nitrogen and oxygen atoms in total. The lowest BCUT2D eigenvalue weighted by Gasteiger charge is -2.29. The summed E-state index contributed by atoms with van der Waals surface area (Å²) in [6, 6.07) is 18.6. The molecule has 9 heteroatoms. The Bertz CT molecular complexity index is 1340. The number of imide groups is 2. The molecule has 2 heterocycles.